The SMILES string of the molecule is CN(C)C(=O)[C@]1(c2ccccn2)CCCN(C(=O)c2ccccc2NC(=O)c2ccn(C)n2)C1. The molecule has 3 amide bonds. The van der Waals surface area contributed by atoms with E-state index < -0.39 is 11.3 Å². The van der Waals surface area contributed by atoms with Crippen LogP contribution in [0.2, 0.25) is 0 Å². The summed E-state index contributed by atoms with van der Waals surface area (Å²) in [5.41, 5.74) is 0.749. The molecule has 1 fully saturated rings. The Bertz CT molecular complexity index is 1210. The minimum atomic E-state index is -0.926. The Morgan fingerprint density at radius 3 is 2.50 bits per heavy atom. The Hall–Kier alpha value is -4.01. The zero-order valence-corrected chi connectivity index (χ0v) is 19.6. The van der Waals surface area contributed by atoms with Crippen LogP contribution in [0.3, 0.4) is 0 Å². The van der Waals surface area contributed by atoms with Crippen molar-refractivity contribution in [1.29, 1.82) is 0 Å². The highest BCUT2D eigenvalue weighted by Crippen LogP contribution is 2.35. The number of piperidine rings is 1. The average molecular weight is 461 g/mol. The van der Waals surface area contributed by atoms with Gasteiger partial charge in [-0.3, -0.25) is 24.0 Å². The number of nitrogens with zero attached hydrogens (tertiary/aromatic N) is 5. The van der Waals surface area contributed by atoms with Crippen molar-refractivity contribution in [3.05, 3.63) is 77.9 Å². The number of hydrogen-bond donors (Lipinski definition) is 1. The van der Waals surface area contributed by atoms with Gasteiger partial charge in [0.15, 0.2) is 5.69 Å². The Balaban J connectivity index is 1.63. The standard InChI is InChI=1S/C25H28N6O3/c1-29(2)24(34)25(21-11-6-7-14-26-21)13-8-15-31(17-25)23(33)18-9-4-5-10-19(18)27-22(32)20-12-16-30(3)28-20/h4-7,9-12,14,16H,8,13,15,17H2,1-3H3,(H,27,32)/t25-/m1/s1. The topological polar surface area (TPSA) is 100 Å². The van der Waals surface area contributed by atoms with Crippen LogP contribution in [0.4, 0.5) is 5.69 Å². The number of hydrogen-bond acceptors (Lipinski definition) is 5. The van der Waals surface area contributed by atoms with Crippen molar-refractivity contribution in [2.75, 3.05) is 32.5 Å². The highest BCUT2D eigenvalue weighted by molar-refractivity contribution is 6.08. The quantitative estimate of drug-likeness (QED) is 0.630. The zero-order chi connectivity index (χ0) is 24.3. The van der Waals surface area contributed by atoms with Gasteiger partial charge in [0, 0.05) is 46.6 Å². The van der Waals surface area contributed by atoms with E-state index in [-0.39, 0.29) is 24.1 Å². The molecule has 0 spiro atoms. The number of carbonyl (C=O) groups excluding carboxylic acids is 3. The zero-order valence-electron chi connectivity index (χ0n) is 19.6. The smallest absolute Gasteiger partial charge is 0.276 e. The predicted molar refractivity (Wildman–Crippen MR) is 127 cm³/mol. The average Bonchev–Trinajstić information content (AvgIpc) is 3.30. The first-order valence-electron chi connectivity index (χ1n) is 11.1. The molecule has 2 aromatic heterocycles. The lowest BCUT2D eigenvalue weighted by atomic mass is 9.75. The van der Waals surface area contributed by atoms with Crippen molar-refractivity contribution in [2.24, 2.45) is 7.05 Å². The summed E-state index contributed by atoms with van der Waals surface area (Å²) in [6, 6.07) is 14.0. The summed E-state index contributed by atoms with van der Waals surface area (Å²) in [7, 11) is 5.17. The van der Waals surface area contributed by atoms with E-state index in [4.69, 9.17) is 0 Å². The van der Waals surface area contributed by atoms with Crippen molar-refractivity contribution in [1.82, 2.24) is 24.6 Å². The van der Waals surface area contributed by atoms with Crippen LogP contribution in [0.5, 0.6) is 0 Å². The number of nitrogens with one attached hydrogen (secondary N) is 1. The van der Waals surface area contributed by atoms with Crippen LogP contribution in [0.25, 0.3) is 0 Å². The Kier molecular flexibility index (Phi) is 6.45. The monoisotopic (exact) mass is 460 g/mol. The second kappa shape index (κ2) is 9.46. The first-order chi connectivity index (χ1) is 16.3. The van der Waals surface area contributed by atoms with Gasteiger partial charge in [0.25, 0.3) is 11.8 Å². The van der Waals surface area contributed by atoms with Gasteiger partial charge in [0.2, 0.25) is 5.91 Å². The van der Waals surface area contributed by atoms with Gasteiger partial charge in [-0.1, -0.05) is 18.2 Å². The number of aromatic nitrogens is 3. The molecular weight excluding hydrogens is 432 g/mol. The van der Waals surface area contributed by atoms with E-state index in [0.29, 0.717) is 36.3 Å². The van der Waals surface area contributed by atoms with Crippen molar-refractivity contribution in [2.45, 2.75) is 18.3 Å². The lowest BCUT2D eigenvalue weighted by Crippen LogP contribution is -2.56. The van der Waals surface area contributed by atoms with Crippen LogP contribution >= 0.6 is 0 Å². The van der Waals surface area contributed by atoms with E-state index in [2.05, 4.69) is 15.4 Å². The van der Waals surface area contributed by atoms with Crippen molar-refractivity contribution >= 4 is 23.4 Å². The number of rotatable bonds is 5. The molecule has 0 saturated carbocycles. The third-order valence-corrected chi connectivity index (χ3v) is 6.10. The fourth-order valence-electron chi connectivity index (χ4n) is 4.47. The summed E-state index contributed by atoms with van der Waals surface area (Å²) in [5.74, 6) is -0.728. The van der Waals surface area contributed by atoms with E-state index in [1.54, 1.807) is 78.4 Å². The molecule has 1 saturated heterocycles. The molecule has 3 heterocycles. The van der Waals surface area contributed by atoms with Crippen LogP contribution in [0.15, 0.2) is 60.9 Å². The molecule has 4 rings (SSSR count). The van der Waals surface area contributed by atoms with Gasteiger partial charge in [-0.2, -0.15) is 5.10 Å². The Morgan fingerprint density at radius 1 is 1.06 bits per heavy atom. The number of para-hydroxylation sites is 1. The first kappa shape index (κ1) is 23.2. The molecule has 1 atom stereocenters. The molecule has 1 aliphatic heterocycles. The van der Waals surface area contributed by atoms with Gasteiger partial charge in [-0.05, 0) is 43.2 Å². The van der Waals surface area contributed by atoms with Crippen LogP contribution in [-0.2, 0) is 17.3 Å². The summed E-state index contributed by atoms with van der Waals surface area (Å²) in [4.78, 5) is 47.4. The third kappa shape index (κ3) is 4.41. The van der Waals surface area contributed by atoms with Crippen molar-refractivity contribution < 1.29 is 14.4 Å². The number of aryl methyl sites for hydroxylation is 1. The van der Waals surface area contributed by atoms with Gasteiger partial charge in [0.1, 0.15) is 5.41 Å². The van der Waals surface area contributed by atoms with Crippen molar-refractivity contribution in [3.8, 4) is 0 Å². The van der Waals surface area contributed by atoms with Gasteiger partial charge in [-0.25, -0.2) is 0 Å². The summed E-state index contributed by atoms with van der Waals surface area (Å²) in [6.45, 7) is 0.721. The maximum atomic E-state index is 13.7. The molecule has 0 bridgehead atoms. The van der Waals surface area contributed by atoms with Gasteiger partial charge in [0.05, 0.1) is 16.9 Å². The fourth-order valence-corrected chi connectivity index (χ4v) is 4.47. The second-order valence-corrected chi connectivity index (χ2v) is 8.70. The minimum Gasteiger partial charge on any atom is -0.348 e. The van der Waals surface area contributed by atoms with Gasteiger partial charge in [-0.15, -0.1) is 0 Å². The number of pyridine rings is 1. The van der Waals surface area contributed by atoms with Crippen LogP contribution < -0.4 is 5.32 Å². The molecule has 0 unspecified atom stereocenters. The summed E-state index contributed by atoms with van der Waals surface area (Å²) in [6.07, 6.45) is 4.61. The van der Waals surface area contributed by atoms with E-state index in [9.17, 15) is 14.4 Å². The number of amides is 3. The van der Waals surface area contributed by atoms with Crippen LogP contribution in [0, 0.1) is 0 Å². The summed E-state index contributed by atoms with van der Waals surface area (Å²) < 4.78 is 1.54. The summed E-state index contributed by atoms with van der Waals surface area (Å²) in [5, 5.41) is 6.92. The van der Waals surface area contributed by atoms with Gasteiger partial charge >= 0.3 is 0 Å². The minimum absolute atomic E-state index is 0.0829. The number of benzene rings is 1. The van der Waals surface area contributed by atoms with E-state index >= 15 is 0 Å². The maximum Gasteiger partial charge on any atom is 0.276 e. The molecule has 34 heavy (non-hydrogen) atoms. The molecule has 1 aromatic carbocycles. The van der Waals surface area contributed by atoms with E-state index in [0.717, 1.165) is 0 Å². The molecule has 9 nitrogen and oxygen atoms in total. The molecule has 1 aliphatic rings. The number of carbonyl (C=O) groups is 3. The highest BCUT2D eigenvalue weighted by Gasteiger charge is 2.47. The predicted octanol–water partition coefficient (Wildman–Crippen LogP) is 2.33. The molecule has 1 N–H and O–H groups in total. The van der Waals surface area contributed by atoms with Crippen LogP contribution in [-0.4, -0.2) is 69.5 Å². The normalized spacial score (nSPS) is 17.8. The molecule has 0 aliphatic carbocycles. The lowest BCUT2D eigenvalue weighted by Gasteiger charge is -2.42. The van der Waals surface area contributed by atoms with E-state index in [1.165, 1.54) is 0 Å². The maximum absolute atomic E-state index is 13.7. The van der Waals surface area contributed by atoms with Crippen LogP contribution in [0.1, 0.15) is 39.4 Å². The Labute approximate surface area is 198 Å². The molecule has 3 aromatic rings. The molecule has 0 radical (unpaired) electrons. The lowest BCUT2D eigenvalue weighted by molar-refractivity contribution is -0.136. The van der Waals surface area contributed by atoms with Crippen molar-refractivity contribution in [3.63, 3.8) is 0 Å². The highest BCUT2D eigenvalue weighted by atomic mass is 16.2. The molecular formula is C25H28N6O3. The first-order valence-corrected chi connectivity index (χ1v) is 11.1. The van der Waals surface area contributed by atoms with E-state index in [1.807, 2.05) is 18.2 Å². The third-order valence-electron chi connectivity index (χ3n) is 6.10. The number of anilines is 1. The largest absolute Gasteiger partial charge is 0.348 e. The number of likely N-dealkylation sites (tertiary alicyclic amines) is 1. The Morgan fingerprint density at radius 2 is 1.82 bits per heavy atom. The molecule has 9 heteroatoms. The number of likely N-dealkylation sites (N-methyl/N-ethyl adjacent to an activating group) is 1. The fraction of sp³-hybridized carbons (Fsp3) is 0.320. The second-order valence-electron chi connectivity index (χ2n) is 8.70. The molecule has 176 valence electrons. The van der Waals surface area contributed by atoms with Gasteiger partial charge < -0.3 is 15.1 Å². The summed E-state index contributed by atoms with van der Waals surface area (Å²) >= 11 is 0.